The molecule has 0 radical (unpaired) electrons. The number of hydrogen-bond donors (Lipinski definition) is 2. The van der Waals surface area contributed by atoms with Gasteiger partial charge in [0.1, 0.15) is 4.83 Å². The number of hydrogen-bond acceptors (Lipinski definition) is 5. The molecule has 0 unspecified atom stereocenters. The van der Waals surface area contributed by atoms with Crippen molar-refractivity contribution in [2.75, 3.05) is 5.73 Å². The fraction of sp³-hybridized carbons (Fsp3) is 0.100. The summed E-state index contributed by atoms with van der Waals surface area (Å²) in [7, 11) is 0. The standard InChI is InChI=1S/C17H12N2S2.C3H6O2/c18-13-10-21-17-16(13)12(15-7-4-8-20-15)9-14(19-17)11-5-2-1-3-6-11;1-2-3(4)5/h1-10H,18H2;2H2,1H3,(H,4,5). The Balaban J connectivity index is 0.000000349. The maximum atomic E-state index is 9.37. The van der Waals surface area contributed by atoms with Crippen LogP contribution in [0.3, 0.4) is 0 Å². The van der Waals surface area contributed by atoms with Gasteiger partial charge in [-0.15, -0.1) is 22.7 Å². The first-order chi connectivity index (χ1) is 12.6. The van der Waals surface area contributed by atoms with Crippen LogP contribution >= 0.6 is 22.7 Å². The van der Waals surface area contributed by atoms with E-state index >= 15 is 0 Å². The van der Waals surface area contributed by atoms with E-state index < -0.39 is 5.97 Å². The molecule has 0 aliphatic heterocycles. The van der Waals surface area contributed by atoms with Gasteiger partial charge in [0.05, 0.1) is 11.4 Å². The molecule has 0 spiro atoms. The van der Waals surface area contributed by atoms with Crippen molar-refractivity contribution in [3.05, 3.63) is 59.3 Å². The normalized spacial score (nSPS) is 10.3. The lowest BCUT2D eigenvalue weighted by Gasteiger charge is -2.07. The molecule has 1 aromatic carbocycles. The largest absolute Gasteiger partial charge is 0.481 e. The lowest BCUT2D eigenvalue weighted by atomic mass is 10.1. The van der Waals surface area contributed by atoms with Crippen LogP contribution in [0.5, 0.6) is 0 Å². The minimum Gasteiger partial charge on any atom is -0.481 e. The van der Waals surface area contributed by atoms with Crippen LogP contribution in [0.4, 0.5) is 5.69 Å². The number of nitrogens with zero attached hydrogens (tertiary/aromatic N) is 1. The predicted molar refractivity (Wildman–Crippen MR) is 111 cm³/mol. The summed E-state index contributed by atoms with van der Waals surface area (Å²) in [5, 5.41) is 12.9. The van der Waals surface area contributed by atoms with Crippen molar-refractivity contribution in [2.45, 2.75) is 13.3 Å². The van der Waals surface area contributed by atoms with Gasteiger partial charge in [-0.1, -0.05) is 43.3 Å². The van der Waals surface area contributed by atoms with E-state index in [-0.39, 0.29) is 6.42 Å². The number of anilines is 1. The maximum Gasteiger partial charge on any atom is 0.303 e. The average Bonchev–Trinajstić information content (AvgIpc) is 3.33. The average molecular weight is 383 g/mol. The second-order valence-electron chi connectivity index (χ2n) is 5.52. The highest BCUT2D eigenvalue weighted by Crippen LogP contribution is 2.39. The summed E-state index contributed by atoms with van der Waals surface area (Å²) in [4.78, 5) is 16.4. The van der Waals surface area contributed by atoms with Gasteiger partial charge >= 0.3 is 5.97 Å². The molecule has 0 bridgehead atoms. The molecular formula is C20H18N2O2S2. The second kappa shape index (κ2) is 8.12. The van der Waals surface area contributed by atoms with Crippen LogP contribution in [0.15, 0.2) is 59.3 Å². The number of aromatic nitrogens is 1. The number of carboxylic acid groups (broad SMARTS) is 1. The lowest BCUT2D eigenvalue weighted by molar-refractivity contribution is -0.136. The number of carbonyl (C=O) groups is 1. The van der Waals surface area contributed by atoms with Gasteiger partial charge in [0.15, 0.2) is 0 Å². The van der Waals surface area contributed by atoms with E-state index in [2.05, 4.69) is 35.7 Å². The summed E-state index contributed by atoms with van der Waals surface area (Å²) in [5.74, 6) is -0.745. The van der Waals surface area contributed by atoms with E-state index in [0.29, 0.717) is 0 Å². The van der Waals surface area contributed by atoms with Gasteiger partial charge in [0, 0.05) is 33.2 Å². The quantitative estimate of drug-likeness (QED) is 0.473. The van der Waals surface area contributed by atoms with Gasteiger partial charge in [0.2, 0.25) is 0 Å². The molecule has 4 nitrogen and oxygen atoms in total. The number of benzene rings is 1. The third-order valence-electron chi connectivity index (χ3n) is 3.73. The third kappa shape index (κ3) is 3.92. The molecule has 4 aromatic rings. The van der Waals surface area contributed by atoms with Crippen molar-refractivity contribution in [2.24, 2.45) is 0 Å². The SMILES string of the molecule is CCC(=O)O.Nc1csc2nc(-c3ccccc3)cc(-c3cccs3)c12. The second-order valence-corrected chi connectivity index (χ2v) is 7.32. The molecule has 0 saturated carbocycles. The van der Waals surface area contributed by atoms with Crippen LogP contribution in [-0.2, 0) is 4.79 Å². The Morgan fingerprint density at radius 3 is 2.50 bits per heavy atom. The van der Waals surface area contributed by atoms with Crippen LogP contribution in [0.2, 0.25) is 0 Å². The summed E-state index contributed by atoms with van der Waals surface area (Å²) in [6.45, 7) is 1.60. The zero-order valence-electron chi connectivity index (χ0n) is 14.2. The molecule has 0 fully saturated rings. The first-order valence-corrected chi connectivity index (χ1v) is 9.85. The summed E-state index contributed by atoms with van der Waals surface area (Å²) in [6, 6.07) is 16.6. The van der Waals surface area contributed by atoms with Crippen molar-refractivity contribution in [1.82, 2.24) is 4.98 Å². The number of aliphatic carboxylic acids is 1. The number of fused-ring (bicyclic) bond motifs is 1. The number of nitrogens with two attached hydrogens (primary N) is 1. The fourth-order valence-electron chi connectivity index (χ4n) is 2.45. The van der Waals surface area contributed by atoms with Crippen molar-refractivity contribution in [3.63, 3.8) is 0 Å². The number of rotatable bonds is 3. The van der Waals surface area contributed by atoms with Crippen LogP contribution in [0.25, 0.3) is 31.9 Å². The Morgan fingerprint density at radius 2 is 1.88 bits per heavy atom. The molecule has 0 amide bonds. The van der Waals surface area contributed by atoms with Gasteiger partial charge in [-0.05, 0) is 17.5 Å². The van der Waals surface area contributed by atoms with Crippen molar-refractivity contribution in [3.8, 4) is 21.7 Å². The summed E-state index contributed by atoms with van der Waals surface area (Å²) in [5.41, 5.74) is 10.3. The van der Waals surface area contributed by atoms with Crippen molar-refractivity contribution in [1.29, 1.82) is 0 Å². The highest BCUT2D eigenvalue weighted by Gasteiger charge is 2.13. The number of nitrogen functional groups attached to an aromatic ring is 1. The zero-order chi connectivity index (χ0) is 18.5. The van der Waals surface area contributed by atoms with Gasteiger partial charge in [0.25, 0.3) is 0 Å². The van der Waals surface area contributed by atoms with E-state index in [9.17, 15) is 4.79 Å². The van der Waals surface area contributed by atoms with Crippen LogP contribution in [-0.4, -0.2) is 16.1 Å². The molecule has 0 aliphatic carbocycles. The first-order valence-electron chi connectivity index (χ1n) is 8.09. The molecule has 4 rings (SSSR count). The fourth-order valence-corrected chi connectivity index (χ4v) is 4.05. The monoisotopic (exact) mass is 382 g/mol. The molecule has 0 saturated heterocycles. The van der Waals surface area contributed by atoms with E-state index in [0.717, 1.165) is 27.2 Å². The smallest absolute Gasteiger partial charge is 0.303 e. The first kappa shape index (κ1) is 18.1. The van der Waals surface area contributed by atoms with E-state index in [1.165, 1.54) is 10.4 Å². The predicted octanol–water partition coefficient (Wildman–Crippen LogP) is 5.76. The minimum absolute atomic E-state index is 0.222. The van der Waals surface area contributed by atoms with E-state index in [1.54, 1.807) is 29.6 Å². The lowest BCUT2D eigenvalue weighted by Crippen LogP contribution is -1.89. The van der Waals surface area contributed by atoms with Crippen LogP contribution < -0.4 is 5.73 Å². The van der Waals surface area contributed by atoms with Gasteiger partial charge in [-0.25, -0.2) is 4.98 Å². The number of carboxylic acids is 1. The third-order valence-corrected chi connectivity index (χ3v) is 5.52. The van der Waals surface area contributed by atoms with E-state index in [1.807, 2.05) is 23.6 Å². The maximum absolute atomic E-state index is 9.37. The Kier molecular flexibility index (Phi) is 5.65. The Morgan fingerprint density at radius 1 is 1.15 bits per heavy atom. The Labute approximate surface area is 159 Å². The Bertz CT molecular complexity index is 1010. The van der Waals surface area contributed by atoms with Gasteiger partial charge in [-0.3, -0.25) is 4.79 Å². The number of thiophene rings is 2. The number of pyridine rings is 1. The highest BCUT2D eigenvalue weighted by atomic mass is 32.1. The highest BCUT2D eigenvalue weighted by molar-refractivity contribution is 7.17. The van der Waals surface area contributed by atoms with Crippen molar-refractivity contribution < 1.29 is 9.90 Å². The molecule has 26 heavy (non-hydrogen) atoms. The molecule has 3 aromatic heterocycles. The molecule has 0 aliphatic rings. The summed E-state index contributed by atoms with van der Waals surface area (Å²) in [6.07, 6.45) is 0.222. The van der Waals surface area contributed by atoms with Gasteiger partial charge in [-0.2, -0.15) is 0 Å². The molecule has 0 atom stereocenters. The molecule has 3 heterocycles. The molecule has 132 valence electrons. The summed E-state index contributed by atoms with van der Waals surface area (Å²) >= 11 is 3.33. The summed E-state index contributed by atoms with van der Waals surface area (Å²) < 4.78 is 0. The Hall–Kier alpha value is -2.70. The molecule has 6 heteroatoms. The van der Waals surface area contributed by atoms with Crippen molar-refractivity contribution >= 4 is 44.5 Å². The topological polar surface area (TPSA) is 76.2 Å². The van der Waals surface area contributed by atoms with E-state index in [4.69, 9.17) is 15.8 Å². The zero-order valence-corrected chi connectivity index (χ0v) is 15.8. The van der Waals surface area contributed by atoms with Crippen LogP contribution in [0, 0.1) is 0 Å². The molecular weight excluding hydrogens is 364 g/mol. The minimum atomic E-state index is -0.745. The molecule has 3 N–H and O–H groups in total. The van der Waals surface area contributed by atoms with Crippen LogP contribution in [0.1, 0.15) is 13.3 Å². The van der Waals surface area contributed by atoms with Gasteiger partial charge < -0.3 is 10.8 Å².